The highest BCUT2D eigenvalue weighted by molar-refractivity contribution is 8.76. The first-order valence-electron chi connectivity index (χ1n) is 4.31. The fourth-order valence-corrected chi connectivity index (χ4v) is 3.78. The van der Waals surface area contributed by atoms with Gasteiger partial charge in [-0.05, 0) is 12.1 Å². The number of pyridine rings is 2. The number of halogens is 2. The maximum Gasteiger partial charge on any atom is 0.0733 e. The van der Waals surface area contributed by atoms with Crippen molar-refractivity contribution in [2.75, 3.05) is 0 Å². The first kappa shape index (κ1) is 12.0. The molecule has 16 heavy (non-hydrogen) atoms. The second-order valence-corrected chi connectivity index (χ2v) is 5.81. The average Bonchev–Trinajstić information content (AvgIpc) is 2.30. The smallest absolute Gasteiger partial charge is 0.0733 e. The van der Waals surface area contributed by atoms with Crippen molar-refractivity contribution >= 4 is 44.8 Å². The van der Waals surface area contributed by atoms with Crippen molar-refractivity contribution in [3.05, 3.63) is 47.0 Å². The van der Waals surface area contributed by atoms with Crippen molar-refractivity contribution in [2.45, 2.75) is 9.79 Å². The van der Waals surface area contributed by atoms with Crippen LogP contribution >= 0.6 is 44.8 Å². The molecule has 0 fully saturated rings. The van der Waals surface area contributed by atoms with Crippen LogP contribution in [0.25, 0.3) is 0 Å². The molecule has 0 atom stereocenters. The molecule has 0 aliphatic heterocycles. The minimum Gasteiger partial charge on any atom is -0.263 e. The second kappa shape index (κ2) is 5.77. The van der Waals surface area contributed by atoms with Crippen molar-refractivity contribution in [3.8, 4) is 0 Å². The molecule has 2 rings (SSSR count). The van der Waals surface area contributed by atoms with Crippen molar-refractivity contribution in [1.82, 2.24) is 9.97 Å². The first-order valence-corrected chi connectivity index (χ1v) is 7.21. The lowest BCUT2D eigenvalue weighted by Gasteiger charge is -2.03. The van der Waals surface area contributed by atoms with Crippen molar-refractivity contribution < 1.29 is 0 Å². The molecule has 0 N–H and O–H groups in total. The van der Waals surface area contributed by atoms with Gasteiger partial charge in [-0.1, -0.05) is 44.8 Å². The predicted octanol–water partition coefficient (Wildman–Crippen LogP) is 4.58. The standard InChI is InChI=1S/C10H6Cl2N2S2/c11-7-5-13-3-1-9(7)15-16-10-2-4-14-6-8(10)12/h1-6H. The third kappa shape index (κ3) is 3.04. The molecule has 0 radical (unpaired) electrons. The molecule has 82 valence electrons. The third-order valence-corrected chi connectivity index (χ3v) is 5.00. The van der Waals surface area contributed by atoms with Crippen molar-refractivity contribution in [2.24, 2.45) is 0 Å². The molecular formula is C10H6Cl2N2S2. The van der Waals surface area contributed by atoms with E-state index in [1.54, 1.807) is 46.4 Å². The maximum atomic E-state index is 5.99. The number of hydrogen-bond acceptors (Lipinski definition) is 4. The lowest BCUT2D eigenvalue weighted by molar-refractivity contribution is 1.26. The molecule has 2 aromatic rings. The Morgan fingerprint density at radius 3 is 1.62 bits per heavy atom. The summed E-state index contributed by atoms with van der Waals surface area (Å²) in [6.07, 6.45) is 6.67. The van der Waals surface area contributed by atoms with Gasteiger partial charge in [0, 0.05) is 34.6 Å². The van der Waals surface area contributed by atoms with Gasteiger partial charge in [0.1, 0.15) is 0 Å². The Kier molecular flexibility index (Phi) is 4.35. The van der Waals surface area contributed by atoms with Crippen LogP contribution in [-0.4, -0.2) is 9.97 Å². The number of rotatable bonds is 3. The number of hydrogen-bond donors (Lipinski definition) is 0. The minimum absolute atomic E-state index is 0.644. The van der Waals surface area contributed by atoms with E-state index in [1.165, 1.54) is 0 Å². The summed E-state index contributed by atoms with van der Waals surface area (Å²) in [5.41, 5.74) is 0. The van der Waals surface area contributed by atoms with Crippen LogP contribution in [0, 0.1) is 0 Å². The number of nitrogens with zero attached hydrogens (tertiary/aromatic N) is 2. The SMILES string of the molecule is Clc1cnccc1SSc1ccncc1Cl. The van der Waals surface area contributed by atoms with Gasteiger partial charge in [0.2, 0.25) is 0 Å². The third-order valence-electron chi connectivity index (χ3n) is 1.69. The average molecular weight is 289 g/mol. The molecule has 0 unspecified atom stereocenters. The first-order chi connectivity index (χ1) is 7.77. The summed E-state index contributed by atoms with van der Waals surface area (Å²) in [5.74, 6) is 0. The zero-order chi connectivity index (χ0) is 11.4. The van der Waals surface area contributed by atoms with Crippen LogP contribution in [0.1, 0.15) is 0 Å². The molecule has 0 amide bonds. The van der Waals surface area contributed by atoms with Crippen LogP contribution in [-0.2, 0) is 0 Å². The molecule has 2 aromatic heterocycles. The molecule has 0 bridgehead atoms. The monoisotopic (exact) mass is 288 g/mol. The topological polar surface area (TPSA) is 25.8 Å². The summed E-state index contributed by atoms with van der Waals surface area (Å²) in [6.45, 7) is 0. The molecule has 0 spiro atoms. The Hall–Kier alpha value is -0.420. The summed E-state index contributed by atoms with van der Waals surface area (Å²) >= 11 is 12.0. The Morgan fingerprint density at radius 2 is 1.25 bits per heavy atom. The van der Waals surface area contributed by atoms with Crippen LogP contribution in [0.5, 0.6) is 0 Å². The Labute approximate surface area is 111 Å². The van der Waals surface area contributed by atoms with Crippen molar-refractivity contribution in [3.63, 3.8) is 0 Å². The van der Waals surface area contributed by atoms with E-state index in [0.29, 0.717) is 10.0 Å². The lowest BCUT2D eigenvalue weighted by Crippen LogP contribution is -1.76. The molecule has 0 aromatic carbocycles. The molecule has 2 heterocycles. The Bertz CT molecular complexity index is 448. The highest BCUT2D eigenvalue weighted by atomic mass is 35.5. The Balaban J connectivity index is 2.09. The maximum absolute atomic E-state index is 5.99. The fraction of sp³-hybridized carbons (Fsp3) is 0. The predicted molar refractivity (Wildman–Crippen MR) is 70.2 cm³/mol. The molecule has 6 heteroatoms. The van der Waals surface area contributed by atoms with E-state index in [4.69, 9.17) is 23.2 Å². The zero-order valence-electron chi connectivity index (χ0n) is 7.93. The van der Waals surface area contributed by atoms with Crippen LogP contribution in [0.4, 0.5) is 0 Å². The van der Waals surface area contributed by atoms with Gasteiger partial charge in [-0.3, -0.25) is 9.97 Å². The summed E-state index contributed by atoms with van der Waals surface area (Å²) in [5, 5.41) is 1.29. The Morgan fingerprint density at radius 1 is 0.812 bits per heavy atom. The van der Waals surface area contributed by atoms with Gasteiger partial charge in [-0.15, -0.1) is 0 Å². The summed E-state index contributed by atoms with van der Waals surface area (Å²) in [6, 6.07) is 3.74. The van der Waals surface area contributed by atoms with E-state index in [-0.39, 0.29) is 0 Å². The number of aromatic nitrogens is 2. The van der Waals surface area contributed by atoms with Gasteiger partial charge in [0.25, 0.3) is 0 Å². The van der Waals surface area contributed by atoms with Crippen molar-refractivity contribution in [1.29, 1.82) is 0 Å². The van der Waals surface area contributed by atoms with Crippen LogP contribution in [0.15, 0.2) is 46.7 Å². The van der Waals surface area contributed by atoms with E-state index in [2.05, 4.69) is 9.97 Å². The minimum atomic E-state index is 0.644. The fourth-order valence-electron chi connectivity index (χ4n) is 0.950. The molecular weight excluding hydrogens is 283 g/mol. The van der Waals surface area contributed by atoms with Gasteiger partial charge in [-0.2, -0.15) is 0 Å². The molecule has 0 aliphatic rings. The summed E-state index contributed by atoms with van der Waals surface area (Å²) in [7, 11) is 3.09. The van der Waals surface area contributed by atoms with E-state index in [1.807, 2.05) is 12.1 Å². The largest absolute Gasteiger partial charge is 0.263 e. The molecule has 0 saturated heterocycles. The molecule has 2 nitrogen and oxygen atoms in total. The van der Waals surface area contributed by atoms with E-state index < -0.39 is 0 Å². The zero-order valence-corrected chi connectivity index (χ0v) is 11.1. The van der Waals surface area contributed by atoms with Gasteiger partial charge < -0.3 is 0 Å². The second-order valence-electron chi connectivity index (χ2n) is 2.78. The van der Waals surface area contributed by atoms with E-state index in [0.717, 1.165) is 9.79 Å². The summed E-state index contributed by atoms with van der Waals surface area (Å²) in [4.78, 5) is 9.79. The van der Waals surface area contributed by atoms with Crippen LogP contribution in [0.2, 0.25) is 10.0 Å². The van der Waals surface area contributed by atoms with Gasteiger partial charge in [0.05, 0.1) is 10.0 Å². The highest BCUT2D eigenvalue weighted by Crippen LogP contribution is 2.42. The quantitative estimate of drug-likeness (QED) is 0.772. The van der Waals surface area contributed by atoms with Gasteiger partial charge >= 0.3 is 0 Å². The molecule has 0 saturated carbocycles. The molecule has 0 aliphatic carbocycles. The lowest BCUT2D eigenvalue weighted by atomic mass is 10.5. The highest BCUT2D eigenvalue weighted by Gasteiger charge is 2.04. The van der Waals surface area contributed by atoms with E-state index in [9.17, 15) is 0 Å². The van der Waals surface area contributed by atoms with Crippen LogP contribution in [0.3, 0.4) is 0 Å². The van der Waals surface area contributed by atoms with E-state index >= 15 is 0 Å². The van der Waals surface area contributed by atoms with Gasteiger partial charge in [-0.25, -0.2) is 0 Å². The van der Waals surface area contributed by atoms with Gasteiger partial charge in [0.15, 0.2) is 0 Å². The summed E-state index contributed by atoms with van der Waals surface area (Å²) < 4.78 is 0. The normalized spacial score (nSPS) is 10.4. The van der Waals surface area contributed by atoms with Crippen LogP contribution < -0.4 is 0 Å².